The van der Waals surface area contributed by atoms with E-state index in [0.29, 0.717) is 41.2 Å². The first kappa shape index (κ1) is 19.9. The molecule has 0 unspecified atom stereocenters. The van der Waals surface area contributed by atoms with Crippen LogP contribution in [0, 0.1) is 5.92 Å². The molecule has 1 fully saturated rings. The fraction of sp³-hybridized carbons (Fsp3) is 0.316. The van der Waals surface area contributed by atoms with Gasteiger partial charge in [0.25, 0.3) is 0 Å². The van der Waals surface area contributed by atoms with Crippen LogP contribution >= 0.6 is 23.2 Å². The number of pyridine rings is 1. The second-order valence-electron chi connectivity index (χ2n) is 6.54. The number of aromatic nitrogens is 3. The molecule has 2 N–H and O–H groups in total. The SMILES string of the molecule is O=c1[nH]c(-c2cccnc2OC[C@@H]2CNCCO[C@H]2c2ccc(Cl)c(Cl)c2)no1. The Morgan fingerprint density at radius 3 is 2.93 bits per heavy atom. The number of H-pyrrole nitrogens is 1. The van der Waals surface area contributed by atoms with Crippen molar-refractivity contribution in [3.8, 4) is 17.3 Å². The molecule has 0 saturated carbocycles. The Labute approximate surface area is 176 Å². The Hall–Kier alpha value is -2.39. The summed E-state index contributed by atoms with van der Waals surface area (Å²) in [6, 6.07) is 8.96. The van der Waals surface area contributed by atoms with Crippen LogP contribution in [0.4, 0.5) is 0 Å². The number of ether oxygens (including phenoxy) is 2. The number of benzene rings is 1. The molecule has 152 valence electrons. The van der Waals surface area contributed by atoms with Crippen molar-refractivity contribution in [3.05, 3.63) is 62.7 Å². The smallest absolute Gasteiger partial charge is 0.439 e. The van der Waals surface area contributed by atoms with Gasteiger partial charge in [-0.1, -0.05) is 34.4 Å². The fourth-order valence-electron chi connectivity index (χ4n) is 3.21. The minimum Gasteiger partial charge on any atom is -0.477 e. The van der Waals surface area contributed by atoms with Crippen LogP contribution in [0.3, 0.4) is 0 Å². The van der Waals surface area contributed by atoms with E-state index in [-0.39, 0.29) is 17.8 Å². The van der Waals surface area contributed by atoms with E-state index in [1.54, 1.807) is 24.4 Å². The summed E-state index contributed by atoms with van der Waals surface area (Å²) in [4.78, 5) is 18.1. The van der Waals surface area contributed by atoms with Gasteiger partial charge in [-0.3, -0.25) is 9.51 Å². The van der Waals surface area contributed by atoms with Crippen molar-refractivity contribution in [3.63, 3.8) is 0 Å². The molecule has 0 bridgehead atoms. The van der Waals surface area contributed by atoms with E-state index in [4.69, 9.17) is 32.7 Å². The molecule has 8 nitrogen and oxygen atoms in total. The van der Waals surface area contributed by atoms with Crippen LogP contribution in [0.1, 0.15) is 11.7 Å². The first-order chi connectivity index (χ1) is 14.1. The molecular formula is C19H18Cl2N4O4. The lowest BCUT2D eigenvalue weighted by Crippen LogP contribution is -2.29. The van der Waals surface area contributed by atoms with Gasteiger partial charge in [0, 0.05) is 25.2 Å². The molecule has 3 heterocycles. The highest BCUT2D eigenvalue weighted by atomic mass is 35.5. The van der Waals surface area contributed by atoms with Gasteiger partial charge in [0.05, 0.1) is 34.9 Å². The summed E-state index contributed by atoms with van der Waals surface area (Å²) in [5.41, 5.74) is 1.46. The van der Waals surface area contributed by atoms with Gasteiger partial charge in [-0.2, -0.15) is 0 Å². The second kappa shape index (κ2) is 8.96. The van der Waals surface area contributed by atoms with E-state index in [2.05, 4.69) is 25.0 Å². The molecule has 0 radical (unpaired) electrons. The Kier molecular flexibility index (Phi) is 6.15. The Morgan fingerprint density at radius 2 is 2.14 bits per heavy atom. The maximum Gasteiger partial charge on any atom is 0.439 e. The average molecular weight is 437 g/mol. The van der Waals surface area contributed by atoms with Crippen molar-refractivity contribution in [2.24, 2.45) is 5.92 Å². The molecule has 1 saturated heterocycles. The lowest BCUT2D eigenvalue weighted by atomic mass is 9.96. The monoisotopic (exact) mass is 436 g/mol. The average Bonchev–Trinajstić information content (AvgIpc) is 3.02. The summed E-state index contributed by atoms with van der Waals surface area (Å²) in [7, 11) is 0. The molecule has 4 rings (SSSR count). The summed E-state index contributed by atoms with van der Waals surface area (Å²) < 4.78 is 16.7. The normalized spacial score (nSPS) is 19.7. The number of rotatable bonds is 5. The Balaban J connectivity index is 1.56. The lowest BCUT2D eigenvalue weighted by Gasteiger charge is -2.25. The molecule has 1 aliphatic heterocycles. The van der Waals surface area contributed by atoms with E-state index in [1.165, 1.54) is 0 Å². The van der Waals surface area contributed by atoms with Crippen molar-refractivity contribution in [1.29, 1.82) is 0 Å². The van der Waals surface area contributed by atoms with Crippen molar-refractivity contribution < 1.29 is 14.0 Å². The van der Waals surface area contributed by atoms with Crippen LogP contribution in [0.25, 0.3) is 11.4 Å². The number of nitrogens with one attached hydrogen (secondary N) is 2. The van der Waals surface area contributed by atoms with Gasteiger partial charge in [0.15, 0.2) is 5.82 Å². The van der Waals surface area contributed by atoms with Gasteiger partial charge in [-0.25, -0.2) is 9.78 Å². The van der Waals surface area contributed by atoms with Gasteiger partial charge < -0.3 is 14.8 Å². The van der Waals surface area contributed by atoms with Gasteiger partial charge in [-0.05, 0) is 29.8 Å². The highest BCUT2D eigenvalue weighted by Crippen LogP contribution is 2.33. The molecule has 3 aromatic rings. The van der Waals surface area contributed by atoms with Gasteiger partial charge in [0.2, 0.25) is 5.88 Å². The zero-order chi connectivity index (χ0) is 20.2. The van der Waals surface area contributed by atoms with Crippen LogP contribution in [0.5, 0.6) is 5.88 Å². The highest BCUT2D eigenvalue weighted by Gasteiger charge is 2.28. The van der Waals surface area contributed by atoms with Crippen LogP contribution < -0.4 is 15.8 Å². The minimum atomic E-state index is -0.643. The van der Waals surface area contributed by atoms with E-state index in [9.17, 15) is 4.79 Å². The van der Waals surface area contributed by atoms with Crippen LogP contribution in [-0.4, -0.2) is 41.4 Å². The third-order valence-electron chi connectivity index (χ3n) is 4.58. The maximum absolute atomic E-state index is 11.3. The molecule has 29 heavy (non-hydrogen) atoms. The van der Waals surface area contributed by atoms with Gasteiger partial charge in [-0.15, -0.1) is 0 Å². The molecule has 0 aliphatic carbocycles. The quantitative estimate of drug-likeness (QED) is 0.633. The summed E-state index contributed by atoms with van der Waals surface area (Å²) in [6.07, 6.45) is 1.38. The molecular weight excluding hydrogens is 419 g/mol. The molecule has 10 heteroatoms. The largest absolute Gasteiger partial charge is 0.477 e. The predicted molar refractivity (Wildman–Crippen MR) is 107 cm³/mol. The molecule has 0 amide bonds. The zero-order valence-electron chi connectivity index (χ0n) is 15.2. The van der Waals surface area contributed by atoms with Crippen molar-refractivity contribution >= 4 is 23.2 Å². The standard InChI is InChI=1S/C19H18Cl2N4O4/c20-14-4-3-11(8-15(14)21)16-12(9-22-6-7-27-16)10-28-18-13(2-1-5-23-18)17-24-19(26)29-25-17/h1-5,8,12,16,22H,6-7,9-10H2,(H,24,25,26)/t12-,16-/m0/s1. The predicted octanol–water partition coefficient (Wildman–Crippen LogP) is 3.09. The molecule has 1 aliphatic rings. The van der Waals surface area contributed by atoms with Crippen molar-refractivity contribution in [2.45, 2.75) is 6.10 Å². The summed E-state index contributed by atoms with van der Waals surface area (Å²) in [5.74, 6) is -0.0552. The van der Waals surface area contributed by atoms with Gasteiger partial charge in [0.1, 0.15) is 0 Å². The number of halogens is 2. The number of nitrogens with zero attached hydrogens (tertiary/aromatic N) is 2. The maximum atomic E-state index is 11.3. The number of aromatic amines is 1. The first-order valence-electron chi connectivity index (χ1n) is 9.03. The van der Waals surface area contributed by atoms with Crippen LogP contribution in [0.2, 0.25) is 10.0 Å². The topological polar surface area (TPSA) is 102 Å². The Bertz CT molecular complexity index is 1040. The molecule has 2 aromatic heterocycles. The first-order valence-corrected chi connectivity index (χ1v) is 9.79. The van der Waals surface area contributed by atoms with Gasteiger partial charge >= 0.3 is 5.76 Å². The second-order valence-corrected chi connectivity index (χ2v) is 7.35. The van der Waals surface area contributed by atoms with Crippen LogP contribution in [0.15, 0.2) is 45.8 Å². The van der Waals surface area contributed by atoms with E-state index in [0.717, 1.165) is 12.1 Å². The molecule has 0 spiro atoms. The zero-order valence-corrected chi connectivity index (χ0v) is 16.7. The highest BCUT2D eigenvalue weighted by molar-refractivity contribution is 6.42. The number of hydrogen-bond acceptors (Lipinski definition) is 7. The lowest BCUT2D eigenvalue weighted by molar-refractivity contribution is 0.0148. The Morgan fingerprint density at radius 1 is 1.24 bits per heavy atom. The third-order valence-corrected chi connectivity index (χ3v) is 5.32. The number of hydrogen-bond donors (Lipinski definition) is 2. The van der Waals surface area contributed by atoms with E-state index in [1.807, 2.05) is 12.1 Å². The van der Waals surface area contributed by atoms with Crippen molar-refractivity contribution in [1.82, 2.24) is 20.4 Å². The fourth-order valence-corrected chi connectivity index (χ4v) is 3.52. The minimum absolute atomic E-state index is 0.0130. The summed E-state index contributed by atoms with van der Waals surface area (Å²) in [6.45, 7) is 2.32. The van der Waals surface area contributed by atoms with Crippen molar-refractivity contribution in [2.75, 3.05) is 26.3 Å². The summed E-state index contributed by atoms with van der Waals surface area (Å²) >= 11 is 12.2. The van der Waals surface area contributed by atoms with Crippen LogP contribution in [-0.2, 0) is 4.74 Å². The molecule has 2 atom stereocenters. The molecule has 1 aromatic carbocycles. The van der Waals surface area contributed by atoms with E-state index >= 15 is 0 Å². The third kappa shape index (κ3) is 4.62. The van der Waals surface area contributed by atoms with E-state index < -0.39 is 5.76 Å². The summed E-state index contributed by atoms with van der Waals surface area (Å²) in [5, 5.41) is 8.03.